The van der Waals surface area contributed by atoms with E-state index in [9.17, 15) is 4.21 Å². The van der Waals surface area contributed by atoms with Gasteiger partial charge < -0.3 is 5.73 Å². The first-order valence-electron chi connectivity index (χ1n) is 3.66. The van der Waals surface area contributed by atoms with E-state index >= 15 is 0 Å². The van der Waals surface area contributed by atoms with Crippen molar-refractivity contribution < 1.29 is 4.21 Å². The Hall–Kier alpha value is -1.03. The third-order valence-corrected chi connectivity index (χ3v) is 3.81. The summed E-state index contributed by atoms with van der Waals surface area (Å²) < 4.78 is 15.8. The van der Waals surface area contributed by atoms with Crippen LogP contribution in [0, 0.1) is 0 Å². The molecule has 0 bridgehead atoms. The highest BCUT2D eigenvalue weighted by Gasteiger charge is 2.17. The molecule has 1 unspecified atom stereocenters. The molecule has 64 valence electrons. The molecule has 4 heteroatoms. The number of hydrogen-bond acceptors (Lipinski definition) is 3. The van der Waals surface area contributed by atoms with Crippen LogP contribution in [0.5, 0.6) is 0 Å². The number of nitrogens with two attached hydrogens (primary N) is 1. The van der Waals surface area contributed by atoms with Crippen LogP contribution >= 0.6 is 0 Å². The van der Waals surface area contributed by atoms with E-state index < -0.39 is 9.73 Å². The molecule has 1 aliphatic heterocycles. The number of fused-ring (bicyclic) bond motifs is 1. The lowest BCUT2D eigenvalue weighted by molar-refractivity contribution is 0.681. The molecule has 2 N–H and O–H groups in total. The van der Waals surface area contributed by atoms with E-state index in [1.165, 1.54) is 0 Å². The molecule has 3 nitrogen and oxygen atoms in total. The summed E-state index contributed by atoms with van der Waals surface area (Å²) in [6.07, 6.45) is 1.66. The molecule has 1 aromatic carbocycles. The fraction of sp³-hybridized carbons (Fsp3) is 0.250. The van der Waals surface area contributed by atoms with Crippen molar-refractivity contribution in [1.29, 1.82) is 0 Å². The van der Waals surface area contributed by atoms with Crippen molar-refractivity contribution in [1.82, 2.24) is 0 Å². The first kappa shape index (κ1) is 7.61. The van der Waals surface area contributed by atoms with Crippen LogP contribution in [0.2, 0.25) is 0 Å². The summed E-state index contributed by atoms with van der Waals surface area (Å²) in [7, 11) is -2.10. The van der Waals surface area contributed by atoms with Crippen molar-refractivity contribution in [2.45, 2.75) is 11.4 Å². The zero-order valence-corrected chi connectivity index (χ0v) is 7.60. The average molecular weight is 182 g/mol. The molecule has 2 rings (SSSR count). The van der Waals surface area contributed by atoms with Crippen LogP contribution in [0.25, 0.3) is 0 Å². The molecule has 12 heavy (non-hydrogen) atoms. The lowest BCUT2D eigenvalue weighted by Gasteiger charge is -2.00. The Labute approximate surface area is 71.8 Å². The molecular formula is C8H10N2OS. The standard InChI is InChI=1S/C8H10N2OS/c1-12(11)8-3-2-7(9)4-6(8)5-10-12/h2-4H,5,9H2,1H3. The van der Waals surface area contributed by atoms with Gasteiger partial charge in [0, 0.05) is 11.9 Å². The minimum absolute atomic E-state index is 0.537. The highest BCUT2D eigenvalue weighted by atomic mass is 32.2. The van der Waals surface area contributed by atoms with Gasteiger partial charge in [0.05, 0.1) is 21.2 Å². The summed E-state index contributed by atoms with van der Waals surface area (Å²) in [5, 5.41) is 0. The smallest absolute Gasteiger partial charge is 0.0750 e. The van der Waals surface area contributed by atoms with Gasteiger partial charge in [-0.1, -0.05) is 0 Å². The summed E-state index contributed by atoms with van der Waals surface area (Å²) in [4.78, 5) is 0.844. The number of hydrogen-bond donors (Lipinski definition) is 1. The van der Waals surface area contributed by atoms with Gasteiger partial charge in [-0.25, -0.2) is 8.57 Å². The van der Waals surface area contributed by atoms with Gasteiger partial charge in [0.1, 0.15) is 0 Å². The Morgan fingerprint density at radius 1 is 1.58 bits per heavy atom. The van der Waals surface area contributed by atoms with Gasteiger partial charge in [-0.15, -0.1) is 0 Å². The maximum Gasteiger partial charge on any atom is 0.0750 e. The summed E-state index contributed by atoms with van der Waals surface area (Å²) in [5.74, 6) is 0. The summed E-state index contributed by atoms with van der Waals surface area (Å²) >= 11 is 0. The maximum atomic E-state index is 11.7. The zero-order chi connectivity index (χ0) is 8.77. The first-order valence-corrected chi connectivity index (χ1v) is 5.58. The Bertz CT molecular complexity index is 444. The molecule has 0 aromatic heterocycles. The average Bonchev–Trinajstić information content (AvgIpc) is 2.27. The van der Waals surface area contributed by atoms with Crippen molar-refractivity contribution in [2.24, 2.45) is 4.36 Å². The molecule has 1 heterocycles. The van der Waals surface area contributed by atoms with Gasteiger partial charge in [-0.05, 0) is 23.8 Å². The molecule has 0 fully saturated rings. The number of nitrogens with zero attached hydrogens (tertiary/aromatic N) is 1. The fourth-order valence-electron chi connectivity index (χ4n) is 1.35. The summed E-state index contributed by atoms with van der Waals surface area (Å²) in [5.41, 5.74) is 7.30. The van der Waals surface area contributed by atoms with Crippen LogP contribution in [0.1, 0.15) is 5.56 Å². The van der Waals surface area contributed by atoms with E-state index in [4.69, 9.17) is 5.73 Å². The number of benzene rings is 1. The van der Waals surface area contributed by atoms with Crippen LogP contribution in [-0.2, 0) is 16.3 Å². The van der Waals surface area contributed by atoms with E-state index in [2.05, 4.69) is 4.36 Å². The van der Waals surface area contributed by atoms with Gasteiger partial charge in [-0.2, -0.15) is 0 Å². The molecule has 1 aromatic rings. The lowest BCUT2D eigenvalue weighted by Crippen LogP contribution is -1.95. The topological polar surface area (TPSA) is 55.5 Å². The quantitative estimate of drug-likeness (QED) is 0.614. The molecule has 0 radical (unpaired) electrons. The molecule has 1 aliphatic rings. The number of anilines is 1. The van der Waals surface area contributed by atoms with Gasteiger partial charge in [0.25, 0.3) is 0 Å². The predicted octanol–water partition coefficient (Wildman–Crippen LogP) is 1.24. The third-order valence-electron chi connectivity index (χ3n) is 1.97. The number of rotatable bonds is 0. The highest BCUT2D eigenvalue weighted by Crippen LogP contribution is 2.26. The molecule has 0 spiro atoms. The van der Waals surface area contributed by atoms with E-state index in [-0.39, 0.29) is 0 Å². The van der Waals surface area contributed by atoms with Gasteiger partial charge in [-0.3, -0.25) is 0 Å². The van der Waals surface area contributed by atoms with Crippen LogP contribution in [0.3, 0.4) is 0 Å². The van der Waals surface area contributed by atoms with Gasteiger partial charge in [0.15, 0.2) is 0 Å². The van der Waals surface area contributed by atoms with Gasteiger partial charge in [0.2, 0.25) is 0 Å². The summed E-state index contributed by atoms with van der Waals surface area (Å²) in [6, 6.07) is 5.42. The largest absolute Gasteiger partial charge is 0.399 e. The Morgan fingerprint density at radius 2 is 2.33 bits per heavy atom. The summed E-state index contributed by atoms with van der Waals surface area (Å²) in [6.45, 7) is 0.537. The Balaban J connectivity index is 2.71. The normalized spacial score (nSPS) is 26.4. The Morgan fingerprint density at radius 3 is 3.08 bits per heavy atom. The lowest BCUT2D eigenvalue weighted by atomic mass is 10.2. The van der Waals surface area contributed by atoms with Gasteiger partial charge >= 0.3 is 0 Å². The van der Waals surface area contributed by atoms with E-state index in [0.717, 1.165) is 10.5 Å². The number of nitrogen functional groups attached to an aromatic ring is 1. The van der Waals surface area contributed by atoms with Crippen molar-refractivity contribution in [3.63, 3.8) is 0 Å². The van der Waals surface area contributed by atoms with Crippen molar-refractivity contribution in [3.05, 3.63) is 23.8 Å². The molecule has 0 saturated heterocycles. The van der Waals surface area contributed by atoms with Crippen LogP contribution in [0.15, 0.2) is 27.5 Å². The monoisotopic (exact) mass is 182 g/mol. The van der Waals surface area contributed by atoms with E-state index in [1.54, 1.807) is 12.3 Å². The Kier molecular flexibility index (Phi) is 1.41. The van der Waals surface area contributed by atoms with E-state index in [0.29, 0.717) is 12.2 Å². The van der Waals surface area contributed by atoms with Crippen LogP contribution < -0.4 is 5.73 Å². The minimum atomic E-state index is -2.10. The minimum Gasteiger partial charge on any atom is -0.399 e. The SMILES string of the molecule is CS1(=O)=NCc2cc(N)ccc21. The molecule has 0 amide bonds. The third kappa shape index (κ3) is 0.992. The first-order chi connectivity index (χ1) is 5.59. The maximum absolute atomic E-state index is 11.7. The van der Waals surface area contributed by atoms with E-state index in [1.807, 2.05) is 12.1 Å². The predicted molar refractivity (Wildman–Crippen MR) is 49.3 cm³/mol. The molecule has 0 aliphatic carbocycles. The molecular weight excluding hydrogens is 172 g/mol. The van der Waals surface area contributed by atoms with Crippen LogP contribution in [0.4, 0.5) is 5.69 Å². The second kappa shape index (κ2) is 2.23. The second-order valence-electron chi connectivity index (χ2n) is 2.96. The van der Waals surface area contributed by atoms with Crippen LogP contribution in [-0.4, -0.2) is 10.5 Å². The van der Waals surface area contributed by atoms with Crippen molar-refractivity contribution in [3.8, 4) is 0 Å². The highest BCUT2D eigenvalue weighted by molar-refractivity contribution is 7.93. The molecule has 0 saturated carbocycles. The fourth-order valence-corrected chi connectivity index (χ4v) is 2.81. The van der Waals surface area contributed by atoms with Crippen molar-refractivity contribution >= 4 is 15.4 Å². The van der Waals surface area contributed by atoms with Crippen molar-refractivity contribution in [2.75, 3.05) is 12.0 Å². The molecule has 1 atom stereocenters. The zero-order valence-electron chi connectivity index (χ0n) is 6.78. The second-order valence-corrected chi connectivity index (χ2v) is 5.26.